The molecule has 0 N–H and O–H groups in total. The van der Waals surface area contributed by atoms with E-state index in [9.17, 15) is 14.9 Å². The van der Waals surface area contributed by atoms with Crippen LogP contribution in [0.25, 0.3) is 6.08 Å². The zero-order valence-electron chi connectivity index (χ0n) is 10.8. The van der Waals surface area contributed by atoms with Gasteiger partial charge in [0.15, 0.2) is 5.78 Å². The van der Waals surface area contributed by atoms with Gasteiger partial charge in [0, 0.05) is 29.6 Å². The van der Waals surface area contributed by atoms with E-state index in [4.69, 9.17) is 0 Å². The number of rotatable bonds is 4. The number of hydrogen-bond donors (Lipinski definition) is 0. The molecule has 0 aliphatic carbocycles. The number of allylic oxidation sites excluding steroid dienone is 1. The smallest absolute Gasteiger partial charge is 0.272 e. The van der Waals surface area contributed by atoms with Gasteiger partial charge in [-0.2, -0.15) is 0 Å². The maximum atomic E-state index is 11.8. The predicted octanol–water partition coefficient (Wildman–Crippen LogP) is 3.19. The minimum atomic E-state index is -0.435. The highest BCUT2D eigenvalue weighted by molar-refractivity contribution is 6.06. The summed E-state index contributed by atoms with van der Waals surface area (Å²) in [5.74, 6) is -0.193. The molecule has 0 saturated heterocycles. The number of carbonyl (C=O) groups is 1. The zero-order chi connectivity index (χ0) is 14.5. The second-order valence-electron chi connectivity index (χ2n) is 4.24. The lowest BCUT2D eigenvalue weighted by Gasteiger charge is -1.98. The molecule has 0 fully saturated rings. The van der Waals surface area contributed by atoms with Crippen molar-refractivity contribution in [2.75, 3.05) is 0 Å². The third-order valence-electron chi connectivity index (χ3n) is 2.80. The topological polar surface area (TPSA) is 73.1 Å². The maximum Gasteiger partial charge on any atom is 0.272 e. The van der Waals surface area contributed by atoms with Gasteiger partial charge in [-0.15, -0.1) is 0 Å². The molecule has 5 nitrogen and oxygen atoms in total. The Bertz CT molecular complexity index is 679. The molecule has 0 saturated carbocycles. The SMILES string of the molecule is Cc1ccc(C=CC(=O)c2cccnc2)cc1[N+](=O)[O-]. The number of nitrogens with zero attached hydrogens (tertiary/aromatic N) is 2. The van der Waals surface area contributed by atoms with Crippen molar-refractivity contribution in [2.24, 2.45) is 0 Å². The van der Waals surface area contributed by atoms with Gasteiger partial charge in [0.1, 0.15) is 0 Å². The Morgan fingerprint density at radius 1 is 1.35 bits per heavy atom. The van der Waals surface area contributed by atoms with Crippen molar-refractivity contribution in [3.63, 3.8) is 0 Å². The van der Waals surface area contributed by atoms with Crippen molar-refractivity contribution < 1.29 is 9.72 Å². The molecular formula is C15H12N2O3. The molecule has 100 valence electrons. The summed E-state index contributed by atoms with van der Waals surface area (Å²) in [4.78, 5) is 26.1. The van der Waals surface area contributed by atoms with E-state index >= 15 is 0 Å². The first-order valence-corrected chi connectivity index (χ1v) is 5.95. The van der Waals surface area contributed by atoms with Crippen molar-refractivity contribution in [2.45, 2.75) is 6.92 Å². The van der Waals surface area contributed by atoms with Crippen molar-refractivity contribution in [3.8, 4) is 0 Å². The van der Waals surface area contributed by atoms with Gasteiger partial charge >= 0.3 is 0 Å². The molecular weight excluding hydrogens is 256 g/mol. The average molecular weight is 268 g/mol. The van der Waals surface area contributed by atoms with Crippen LogP contribution in [0, 0.1) is 17.0 Å². The van der Waals surface area contributed by atoms with Gasteiger partial charge in [-0.3, -0.25) is 19.9 Å². The van der Waals surface area contributed by atoms with Crippen LogP contribution in [-0.4, -0.2) is 15.7 Å². The zero-order valence-corrected chi connectivity index (χ0v) is 10.8. The largest absolute Gasteiger partial charge is 0.289 e. The van der Waals surface area contributed by atoms with Crippen LogP contribution in [-0.2, 0) is 0 Å². The van der Waals surface area contributed by atoms with Gasteiger partial charge in [0.2, 0.25) is 0 Å². The fourth-order valence-electron chi connectivity index (χ4n) is 1.70. The second kappa shape index (κ2) is 5.88. The molecule has 0 aliphatic rings. The monoisotopic (exact) mass is 268 g/mol. The molecule has 1 aromatic heterocycles. The number of carbonyl (C=O) groups excluding carboxylic acids is 1. The van der Waals surface area contributed by atoms with Crippen molar-refractivity contribution in [3.05, 3.63) is 75.6 Å². The highest BCUT2D eigenvalue weighted by Gasteiger charge is 2.10. The van der Waals surface area contributed by atoms with Gasteiger partial charge in [-0.25, -0.2) is 0 Å². The molecule has 0 atom stereocenters. The van der Waals surface area contributed by atoms with Crippen LogP contribution < -0.4 is 0 Å². The number of nitro groups is 1. The Hall–Kier alpha value is -2.82. The molecule has 1 heterocycles. The van der Waals surface area contributed by atoms with Crippen LogP contribution in [0.3, 0.4) is 0 Å². The summed E-state index contributed by atoms with van der Waals surface area (Å²) in [5.41, 5.74) is 1.72. The Labute approximate surface area is 115 Å². The van der Waals surface area contributed by atoms with Crippen LogP contribution in [0.2, 0.25) is 0 Å². The molecule has 0 radical (unpaired) electrons. The summed E-state index contributed by atoms with van der Waals surface area (Å²) in [5, 5.41) is 10.8. The van der Waals surface area contributed by atoms with Crippen LogP contribution in [0.4, 0.5) is 5.69 Å². The second-order valence-corrected chi connectivity index (χ2v) is 4.24. The van der Waals surface area contributed by atoms with E-state index in [2.05, 4.69) is 4.98 Å². The predicted molar refractivity (Wildman–Crippen MR) is 75.4 cm³/mol. The van der Waals surface area contributed by atoms with Crippen LogP contribution >= 0.6 is 0 Å². The molecule has 2 rings (SSSR count). The summed E-state index contributed by atoms with van der Waals surface area (Å²) in [6.45, 7) is 1.67. The molecule has 1 aromatic carbocycles. The van der Waals surface area contributed by atoms with Crippen LogP contribution in [0.1, 0.15) is 21.5 Å². The lowest BCUT2D eigenvalue weighted by Crippen LogP contribution is -1.95. The minimum Gasteiger partial charge on any atom is -0.289 e. The number of ketones is 1. The molecule has 5 heteroatoms. The first-order chi connectivity index (χ1) is 9.58. The van der Waals surface area contributed by atoms with Gasteiger partial charge in [0.25, 0.3) is 5.69 Å². The normalized spacial score (nSPS) is 10.7. The van der Waals surface area contributed by atoms with E-state index < -0.39 is 4.92 Å². The van der Waals surface area contributed by atoms with Gasteiger partial charge < -0.3 is 0 Å². The fourth-order valence-corrected chi connectivity index (χ4v) is 1.70. The van der Waals surface area contributed by atoms with E-state index in [1.54, 1.807) is 43.5 Å². The number of hydrogen-bond acceptors (Lipinski definition) is 4. The van der Waals surface area contributed by atoms with E-state index in [1.165, 1.54) is 18.3 Å². The Kier molecular flexibility index (Phi) is 4.00. The number of pyridine rings is 1. The van der Waals surface area contributed by atoms with Crippen molar-refractivity contribution >= 4 is 17.5 Å². The highest BCUT2D eigenvalue weighted by Crippen LogP contribution is 2.20. The quantitative estimate of drug-likeness (QED) is 0.369. The van der Waals surface area contributed by atoms with Crippen molar-refractivity contribution in [1.29, 1.82) is 0 Å². The summed E-state index contributed by atoms with van der Waals surface area (Å²) >= 11 is 0. The van der Waals surface area contributed by atoms with Gasteiger partial charge in [-0.1, -0.05) is 18.2 Å². The number of nitro benzene ring substituents is 1. The molecule has 0 amide bonds. The summed E-state index contributed by atoms with van der Waals surface area (Å²) in [6, 6.07) is 8.18. The fraction of sp³-hybridized carbons (Fsp3) is 0.0667. The lowest BCUT2D eigenvalue weighted by atomic mass is 10.1. The molecule has 2 aromatic rings. The van der Waals surface area contributed by atoms with E-state index in [1.807, 2.05) is 0 Å². The minimum absolute atomic E-state index is 0.0426. The number of aryl methyl sites for hydroxylation is 1. The summed E-state index contributed by atoms with van der Waals surface area (Å²) in [6.07, 6.45) is 6.00. The van der Waals surface area contributed by atoms with Crippen LogP contribution in [0.15, 0.2) is 48.8 Å². The van der Waals surface area contributed by atoms with Crippen molar-refractivity contribution in [1.82, 2.24) is 4.98 Å². The van der Waals surface area contributed by atoms with E-state index in [0.717, 1.165) is 0 Å². The third-order valence-corrected chi connectivity index (χ3v) is 2.80. The Morgan fingerprint density at radius 3 is 2.80 bits per heavy atom. The first-order valence-electron chi connectivity index (χ1n) is 5.95. The van der Waals surface area contributed by atoms with E-state index in [0.29, 0.717) is 16.7 Å². The standard InChI is InChI=1S/C15H12N2O3/c1-11-4-5-12(9-14(11)17(19)20)6-7-15(18)13-3-2-8-16-10-13/h2-10H,1H3. The number of aromatic nitrogens is 1. The Morgan fingerprint density at radius 2 is 2.15 bits per heavy atom. The van der Waals surface area contributed by atoms with Gasteiger partial charge in [0.05, 0.1) is 4.92 Å². The number of benzene rings is 1. The average Bonchev–Trinajstić information content (AvgIpc) is 2.46. The maximum absolute atomic E-state index is 11.8. The van der Waals surface area contributed by atoms with Gasteiger partial charge in [-0.05, 0) is 30.7 Å². The lowest BCUT2D eigenvalue weighted by molar-refractivity contribution is -0.385. The molecule has 20 heavy (non-hydrogen) atoms. The molecule has 0 aliphatic heterocycles. The first kappa shape index (κ1) is 13.6. The highest BCUT2D eigenvalue weighted by atomic mass is 16.6. The molecule has 0 spiro atoms. The molecule has 0 unspecified atom stereocenters. The van der Waals surface area contributed by atoms with Crippen LogP contribution in [0.5, 0.6) is 0 Å². The molecule has 0 bridgehead atoms. The van der Waals surface area contributed by atoms with E-state index in [-0.39, 0.29) is 11.5 Å². The Balaban J connectivity index is 2.22. The summed E-state index contributed by atoms with van der Waals surface area (Å²) < 4.78 is 0. The summed E-state index contributed by atoms with van der Waals surface area (Å²) in [7, 11) is 0. The third kappa shape index (κ3) is 3.14.